The Morgan fingerprint density at radius 3 is 1.09 bits per heavy atom. The summed E-state index contributed by atoms with van der Waals surface area (Å²) in [7, 11) is -4.41. The fourth-order valence-electron chi connectivity index (χ4n) is 8.03. The SMILES string of the molecule is CC/C=C\C/C=C\C/C=C\C/C=C\C/C=C\CCCCCCCCCCCCCCCCCCCCCCCCCC(=O)OC(COC(=O)C/C=C\C/C=C\C/C=C\C/C=C\C/C=C\CC)COP(=O)(O)OCCN. The largest absolute Gasteiger partial charge is 0.472 e. The predicted molar refractivity (Wildman–Crippen MR) is 321 cm³/mol. The van der Waals surface area contributed by atoms with E-state index in [4.69, 9.17) is 24.3 Å². The number of unbranched alkanes of at least 4 members (excludes halogenated alkanes) is 23. The first-order chi connectivity index (χ1) is 36.8. The topological polar surface area (TPSA) is 134 Å². The van der Waals surface area contributed by atoms with E-state index < -0.39 is 32.5 Å². The molecule has 3 N–H and O–H groups in total. The quantitative estimate of drug-likeness (QED) is 0.0264. The molecule has 2 unspecified atom stereocenters. The van der Waals surface area contributed by atoms with Crippen LogP contribution >= 0.6 is 7.82 Å². The molecule has 0 aromatic carbocycles. The number of allylic oxidation sites excluding steroid dienone is 19. The molecule has 428 valence electrons. The summed E-state index contributed by atoms with van der Waals surface area (Å²) in [6.07, 6.45) is 83.2. The van der Waals surface area contributed by atoms with E-state index in [2.05, 4.69) is 117 Å². The summed E-state index contributed by atoms with van der Waals surface area (Å²) in [5, 5.41) is 0. The van der Waals surface area contributed by atoms with Crippen molar-refractivity contribution in [2.75, 3.05) is 26.4 Å². The van der Waals surface area contributed by atoms with Gasteiger partial charge in [0.1, 0.15) is 6.61 Å². The van der Waals surface area contributed by atoms with Gasteiger partial charge in [-0.2, -0.15) is 0 Å². The summed E-state index contributed by atoms with van der Waals surface area (Å²) in [4.78, 5) is 35.0. The van der Waals surface area contributed by atoms with Crippen LogP contribution in [0.3, 0.4) is 0 Å². The smallest absolute Gasteiger partial charge is 0.461 e. The van der Waals surface area contributed by atoms with E-state index in [1.165, 1.54) is 128 Å². The number of ether oxygens (including phenoxy) is 2. The Morgan fingerprint density at radius 2 is 0.733 bits per heavy atom. The number of hydrogen-bond donors (Lipinski definition) is 2. The van der Waals surface area contributed by atoms with E-state index in [0.29, 0.717) is 12.8 Å². The molecule has 0 rings (SSSR count). The van der Waals surface area contributed by atoms with Gasteiger partial charge in [-0.3, -0.25) is 18.6 Å². The van der Waals surface area contributed by atoms with Gasteiger partial charge in [0.05, 0.1) is 19.6 Å². The van der Waals surface area contributed by atoms with Crippen molar-refractivity contribution in [1.82, 2.24) is 0 Å². The van der Waals surface area contributed by atoms with E-state index in [-0.39, 0.29) is 32.6 Å². The zero-order chi connectivity index (χ0) is 54.5. The molecule has 0 aromatic heterocycles. The first kappa shape index (κ1) is 71.4. The highest BCUT2D eigenvalue weighted by Crippen LogP contribution is 2.43. The third-order valence-electron chi connectivity index (χ3n) is 12.4. The Morgan fingerprint density at radius 1 is 0.413 bits per heavy atom. The Balaban J connectivity index is 3.86. The monoisotopic (exact) mass is 1060 g/mol. The van der Waals surface area contributed by atoms with Crippen LogP contribution in [-0.4, -0.2) is 49.3 Å². The van der Waals surface area contributed by atoms with Gasteiger partial charge in [-0.25, -0.2) is 4.57 Å². The van der Waals surface area contributed by atoms with E-state index in [9.17, 15) is 19.0 Å². The lowest BCUT2D eigenvalue weighted by molar-refractivity contribution is -0.160. The number of phosphoric acid groups is 1. The van der Waals surface area contributed by atoms with Crippen LogP contribution in [0, 0.1) is 0 Å². The van der Waals surface area contributed by atoms with Crippen LogP contribution in [0.2, 0.25) is 0 Å². The number of rotatable bonds is 55. The van der Waals surface area contributed by atoms with Gasteiger partial charge in [0, 0.05) is 13.0 Å². The van der Waals surface area contributed by atoms with E-state index in [1.807, 2.05) is 12.2 Å². The summed E-state index contributed by atoms with van der Waals surface area (Å²) in [5.74, 6) is -0.975. The third kappa shape index (κ3) is 59.5. The second-order valence-corrected chi connectivity index (χ2v) is 20.9. The average molecular weight is 1060 g/mol. The number of nitrogens with two attached hydrogens (primary N) is 1. The summed E-state index contributed by atoms with van der Waals surface area (Å²) in [5.41, 5.74) is 5.37. The lowest BCUT2D eigenvalue weighted by atomic mass is 10.0. The molecule has 0 bridgehead atoms. The van der Waals surface area contributed by atoms with Crippen LogP contribution in [0.4, 0.5) is 0 Å². The van der Waals surface area contributed by atoms with Gasteiger partial charge >= 0.3 is 19.8 Å². The molecule has 0 saturated carbocycles. The maximum atomic E-state index is 12.7. The van der Waals surface area contributed by atoms with Crippen molar-refractivity contribution in [3.8, 4) is 0 Å². The van der Waals surface area contributed by atoms with Crippen molar-refractivity contribution >= 4 is 19.8 Å². The Kier molecular flexibility index (Phi) is 56.8. The minimum Gasteiger partial charge on any atom is -0.461 e. The summed E-state index contributed by atoms with van der Waals surface area (Å²) < 4.78 is 32.8. The van der Waals surface area contributed by atoms with Crippen molar-refractivity contribution in [3.05, 3.63) is 122 Å². The van der Waals surface area contributed by atoms with Crippen molar-refractivity contribution < 1.29 is 37.6 Å². The van der Waals surface area contributed by atoms with Crippen molar-refractivity contribution in [1.29, 1.82) is 0 Å². The molecular formula is C65H110NO8P. The lowest BCUT2D eigenvalue weighted by Gasteiger charge is -2.19. The normalized spacial score (nSPS) is 13.9. The first-order valence-corrected chi connectivity index (χ1v) is 31.5. The van der Waals surface area contributed by atoms with Gasteiger partial charge in [0.15, 0.2) is 6.10 Å². The zero-order valence-corrected chi connectivity index (χ0v) is 48.6. The molecule has 2 atom stereocenters. The number of carbonyl (C=O) groups is 2. The minimum absolute atomic E-state index is 0.0382. The zero-order valence-electron chi connectivity index (χ0n) is 47.7. The van der Waals surface area contributed by atoms with Gasteiger partial charge in [-0.05, 0) is 83.5 Å². The Bertz CT molecular complexity index is 1640. The molecule has 75 heavy (non-hydrogen) atoms. The minimum atomic E-state index is -4.41. The van der Waals surface area contributed by atoms with E-state index >= 15 is 0 Å². The first-order valence-electron chi connectivity index (χ1n) is 30.0. The summed E-state index contributed by atoms with van der Waals surface area (Å²) >= 11 is 0. The second-order valence-electron chi connectivity index (χ2n) is 19.5. The van der Waals surface area contributed by atoms with Crippen LogP contribution in [-0.2, 0) is 32.7 Å². The number of hydrogen-bond acceptors (Lipinski definition) is 8. The van der Waals surface area contributed by atoms with Crippen molar-refractivity contribution in [2.24, 2.45) is 5.73 Å². The molecular weight excluding hydrogens is 954 g/mol. The molecule has 0 aliphatic rings. The van der Waals surface area contributed by atoms with Crippen molar-refractivity contribution in [2.45, 2.75) is 251 Å². The highest BCUT2D eigenvalue weighted by atomic mass is 31.2. The molecule has 0 saturated heterocycles. The number of phosphoric ester groups is 1. The molecule has 0 heterocycles. The molecule has 9 nitrogen and oxygen atoms in total. The van der Waals surface area contributed by atoms with Gasteiger partial charge in [-0.1, -0.05) is 270 Å². The highest BCUT2D eigenvalue weighted by Gasteiger charge is 2.26. The number of esters is 2. The molecule has 0 spiro atoms. The van der Waals surface area contributed by atoms with Crippen LogP contribution < -0.4 is 5.73 Å². The second kappa shape index (κ2) is 59.7. The Hall–Kier alpha value is -3.59. The average Bonchev–Trinajstić information content (AvgIpc) is 3.40. The lowest BCUT2D eigenvalue weighted by Crippen LogP contribution is -2.29. The van der Waals surface area contributed by atoms with Crippen LogP contribution in [0.5, 0.6) is 0 Å². The van der Waals surface area contributed by atoms with Gasteiger partial charge in [0.2, 0.25) is 0 Å². The molecule has 0 fully saturated rings. The van der Waals surface area contributed by atoms with E-state index in [1.54, 1.807) is 6.08 Å². The number of carbonyl (C=O) groups excluding carboxylic acids is 2. The Labute approximate surface area is 460 Å². The molecule has 0 aliphatic heterocycles. The predicted octanol–water partition coefficient (Wildman–Crippen LogP) is 19.2. The van der Waals surface area contributed by atoms with Crippen LogP contribution in [0.25, 0.3) is 0 Å². The standard InChI is InChI=1S/C65H110NO8P/c1-3-5-7-9-11-13-15-17-19-20-21-22-23-24-25-26-27-28-29-30-31-32-33-34-35-36-37-38-39-40-41-42-44-46-48-50-52-54-56-58-65(68)74-63(62-73-75(69,70)72-60-59-66)61-71-64(67)57-55-53-51-49-47-45-43-18-16-14-12-10-8-6-4-2/h5-8,11-14,17-19,21-22,24-25,43,47,49,53,55,63H,3-4,9-10,15-16,20,23,26-42,44-46,48,50-52,54,56-62,66H2,1-2H3,(H,69,70)/b7-5-,8-6-,13-11-,14-12-,19-17-,22-21-,25-24-,43-18-,49-47-,55-53-. The van der Waals surface area contributed by atoms with E-state index in [0.717, 1.165) is 77.0 Å². The third-order valence-corrected chi connectivity index (χ3v) is 13.4. The fourth-order valence-corrected chi connectivity index (χ4v) is 8.80. The van der Waals surface area contributed by atoms with Gasteiger partial charge in [0.25, 0.3) is 0 Å². The van der Waals surface area contributed by atoms with Crippen LogP contribution in [0.1, 0.15) is 245 Å². The highest BCUT2D eigenvalue weighted by molar-refractivity contribution is 7.47. The maximum absolute atomic E-state index is 12.7. The van der Waals surface area contributed by atoms with Gasteiger partial charge < -0.3 is 20.1 Å². The van der Waals surface area contributed by atoms with Crippen LogP contribution in [0.15, 0.2) is 122 Å². The molecule has 0 amide bonds. The fraction of sp³-hybridized carbons (Fsp3) is 0.662. The molecule has 0 radical (unpaired) electrons. The van der Waals surface area contributed by atoms with Gasteiger partial charge in [-0.15, -0.1) is 0 Å². The van der Waals surface area contributed by atoms with Crippen molar-refractivity contribution in [3.63, 3.8) is 0 Å². The molecule has 0 aliphatic carbocycles. The summed E-state index contributed by atoms with van der Waals surface area (Å²) in [6, 6.07) is 0. The molecule has 0 aromatic rings. The summed E-state index contributed by atoms with van der Waals surface area (Å²) in [6.45, 7) is 3.40. The maximum Gasteiger partial charge on any atom is 0.472 e. The molecule has 10 heteroatoms.